The predicted molar refractivity (Wildman–Crippen MR) is 116 cm³/mol. The lowest BCUT2D eigenvalue weighted by Gasteiger charge is -2.14. The molecule has 0 bridgehead atoms. The number of hydrogen-bond donors (Lipinski definition) is 1. The first-order valence-electron chi connectivity index (χ1n) is 8.94. The van der Waals surface area contributed by atoms with Crippen LogP contribution in [0.25, 0.3) is 16.6 Å². The van der Waals surface area contributed by atoms with E-state index in [4.69, 9.17) is 11.6 Å². The third-order valence-electron chi connectivity index (χ3n) is 4.26. The van der Waals surface area contributed by atoms with Crippen LogP contribution in [-0.4, -0.2) is 26.2 Å². The van der Waals surface area contributed by atoms with Crippen molar-refractivity contribution in [3.8, 4) is 5.69 Å². The number of rotatable bonds is 5. The first kappa shape index (κ1) is 21.0. The number of fused-ring (bicyclic) bond motifs is 1. The molecule has 156 valence electrons. The number of pyridine rings is 1. The van der Waals surface area contributed by atoms with Gasteiger partial charge >= 0.3 is 0 Å². The highest BCUT2D eigenvalue weighted by molar-refractivity contribution is 7.99. The number of carbonyl (C=O) groups is 1. The standard InChI is InChI=1S/C21H13ClF2N4O2S/c22-19-16(6-3-9-25-19)26-18(29)11-31-21-27-15-5-2-1-4-13(15)20(30)28(21)17-8-7-12(23)10-14(17)24/h1-10H,11H2,(H,26,29). The molecule has 4 aromatic rings. The number of aromatic nitrogens is 3. The minimum atomic E-state index is -0.923. The number of nitrogens with zero attached hydrogens (tertiary/aromatic N) is 3. The number of carbonyl (C=O) groups excluding carboxylic acids is 1. The SMILES string of the molecule is O=C(CSc1nc2ccccc2c(=O)n1-c1ccc(F)cc1F)Nc1cccnc1Cl. The van der Waals surface area contributed by atoms with E-state index in [-0.39, 0.29) is 27.1 Å². The van der Waals surface area contributed by atoms with Crippen LogP contribution in [0.2, 0.25) is 5.15 Å². The lowest BCUT2D eigenvalue weighted by atomic mass is 10.2. The number of para-hydroxylation sites is 1. The van der Waals surface area contributed by atoms with Gasteiger partial charge in [-0.25, -0.2) is 18.7 Å². The summed E-state index contributed by atoms with van der Waals surface area (Å²) in [6.45, 7) is 0. The molecule has 0 spiro atoms. The van der Waals surface area contributed by atoms with Crippen LogP contribution in [-0.2, 0) is 4.79 Å². The number of anilines is 1. The molecule has 0 radical (unpaired) electrons. The van der Waals surface area contributed by atoms with Crippen molar-refractivity contribution >= 4 is 45.9 Å². The molecular weight excluding hydrogens is 446 g/mol. The van der Waals surface area contributed by atoms with Crippen molar-refractivity contribution in [2.75, 3.05) is 11.1 Å². The summed E-state index contributed by atoms with van der Waals surface area (Å²) in [5.41, 5.74) is 0.0323. The summed E-state index contributed by atoms with van der Waals surface area (Å²) >= 11 is 6.88. The van der Waals surface area contributed by atoms with Crippen molar-refractivity contribution in [3.63, 3.8) is 0 Å². The Kier molecular flexibility index (Phi) is 5.97. The zero-order chi connectivity index (χ0) is 22.0. The summed E-state index contributed by atoms with van der Waals surface area (Å²) in [6, 6.07) is 12.7. The average Bonchev–Trinajstić information content (AvgIpc) is 2.75. The van der Waals surface area contributed by atoms with Crippen LogP contribution >= 0.6 is 23.4 Å². The fourth-order valence-electron chi connectivity index (χ4n) is 2.88. The van der Waals surface area contributed by atoms with Crippen molar-refractivity contribution in [2.45, 2.75) is 5.16 Å². The number of hydrogen-bond acceptors (Lipinski definition) is 5. The van der Waals surface area contributed by atoms with Crippen molar-refractivity contribution in [2.24, 2.45) is 0 Å². The molecule has 2 heterocycles. The lowest BCUT2D eigenvalue weighted by molar-refractivity contribution is -0.113. The third-order valence-corrected chi connectivity index (χ3v) is 5.50. The van der Waals surface area contributed by atoms with E-state index < -0.39 is 23.1 Å². The molecule has 10 heteroatoms. The second kappa shape index (κ2) is 8.83. The fourth-order valence-corrected chi connectivity index (χ4v) is 3.85. The molecule has 31 heavy (non-hydrogen) atoms. The topological polar surface area (TPSA) is 76.9 Å². The fraction of sp³-hybridized carbons (Fsp3) is 0.0476. The molecule has 2 aromatic heterocycles. The highest BCUT2D eigenvalue weighted by Gasteiger charge is 2.18. The molecule has 1 N–H and O–H groups in total. The maximum Gasteiger partial charge on any atom is 0.266 e. The highest BCUT2D eigenvalue weighted by Crippen LogP contribution is 2.24. The van der Waals surface area contributed by atoms with E-state index in [1.807, 2.05) is 0 Å². The molecule has 0 aliphatic heterocycles. The van der Waals surface area contributed by atoms with Crippen LogP contribution in [0.3, 0.4) is 0 Å². The first-order chi connectivity index (χ1) is 14.9. The smallest absolute Gasteiger partial charge is 0.266 e. The Morgan fingerprint density at radius 2 is 1.94 bits per heavy atom. The van der Waals surface area contributed by atoms with E-state index in [9.17, 15) is 18.4 Å². The Bertz CT molecular complexity index is 1360. The highest BCUT2D eigenvalue weighted by atomic mass is 35.5. The molecular formula is C21H13ClF2N4O2S. The Hall–Kier alpha value is -3.30. The summed E-state index contributed by atoms with van der Waals surface area (Å²) in [5.74, 6) is -2.26. The largest absolute Gasteiger partial charge is 0.323 e. The molecule has 0 aliphatic carbocycles. The van der Waals surface area contributed by atoms with Gasteiger partial charge in [-0.2, -0.15) is 0 Å². The molecule has 0 unspecified atom stereocenters. The van der Waals surface area contributed by atoms with Crippen molar-refractivity contribution < 1.29 is 13.6 Å². The van der Waals surface area contributed by atoms with Crippen LogP contribution in [0.4, 0.5) is 14.5 Å². The van der Waals surface area contributed by atoms with E-state index in [0.29, 0.717) is 17.3 Å². The number of amides is 1. The number of halogens is 3. The summed E-state index contributed by atoms with van der Waals surface area (Å²) < 4.78 is 28.9. The van der Waals surface area contributed by atoms with E-state index in [1.54, 1.807) is 36.4 Å². The van der Waals surface area contributed by atoms with Gasteiger partial charge in [0, 0.05) is 12.3 Å². The molecule has 1 amide bonds. The normalized spacial score (nSPS) is 10.9. The second-order valence-corrected chi connectivity index (χ2v) is 7.63. The Morgan fingerprint density at radius 1 is 1.13 bits per heavy atom. The Balaban J connectivity index is 1.72. The molecule has 0 saturated carbocycles. The minimum Gasteiger partial charge on any atom is -0.323 e. The molecule has 0 saturated heterocycles. The van der Waals surface area contributed by atoms with Crippen LogP contribution in [0.1, 0.15) is 0 Å². The second-order valence-electron chi connectivity index (χ2n) is 6.33. The van der Waals surface area contributed by atoms with Gasteiger partial charge in [0.1, 0.15) is 11.6 Å². The summed E-state index contributed by atoms with van der Waals surface area (Å²) in [5, 5.41) is 3.10. The van der Waals surface area contributed by atoms with Gasteiger partial charge in [-0.1, -0.05) is 35.5 Å². The average molecular weight is 459 g/mol. The Labute approximate surface area is 183 Å². The maximum atomic E-state index is 14.5. The van der Waals surface area contributed by atoms with Gasteiger partial charge in [0.25, 0.3) is 5.56 Å². The van der Waals surface area contributed by atoms with Crippen LogP contribution in [0.15, 0.2) is 70.7 Å². The van der Waals surface area contributed by atoms with Crippen molar-refractivity contribution in [3.05, 3.63) is 87.9 Å². The van der Waals surface area contributed by atoms with Gasteiger partial charge in [0.15, 0.2) is 10.3 Å². The van der Waals surface area contributed by atoms with E-state index in [1.165, 1.54) is 6.20 Å². The van der Waals surface area contributed by atoms with Crippen LogP contribution in [0.5, 0.6) is 0 Å². The molecule has 0 atom stereocenters. The number of nitrogens with one attached hydrogen (secondary N) is 1. The van der Waals surface area contributed by atoms with Crippen LogP contribution < -0.4 is 10.9 Å². The number of thioether (sulfide) groups is 1. The molecule has 4 rings (SSSR count). The zero-order valence-electron chi connectivity index (χ0n) is 15.7. The van der Waals surface area contributed by atoms with E-state index in [2.05, 4.69) is 15.3 Å². The van der Waals surface area contributed by atoms with Gasteiger partial charge in [0.05, 0.1) is 28.0 Å². The van der Waals surface area contributed by atoms with Gasteiger partial charge < -0.3 is 5.32 Å². The first-order valence-corrected chi connectivity index (χ1v) is 10.3. The van der Waals surface area contributed by atoms with Gasteiger partial charge in [-0.15, -0.1) is 0 Å². The van der Waals surface area contributed by atoms with Crippen LogP contribution in [0, 0.1) is 11.6 Å². The monoisotopic (exact) mass is 458 g/mol. The van der Waals surface area contributed by atoms with Gasteiger partial charge in [-0.3, -0.25) is 14.2 Å². The van der Waals surface area contributed by atoms with E-state index >= 15 is 0 Å². The predicted octanol–water partition coefficient (Wildman–Crippen LogP) is 4.44. The quantitative estimate of drug-likeness (QED) is 0.272. The summed E-state index contributed by atoms with van der Waals surface area (Å²) in [7, 11) is 0. The maximum absolute atomic E-state index is 14.5. The summed E-state index contributed by atoms with van der Waals surface area (Å²) in [4.78, 5) is 33.8. The minimum absolute atomic E-state index is 0.0849. The molecule has 6 nitrogen and oxygen atoms in total. The van der Waals surface area contributed by atoms with Gasteiger partial charge in [-0.05, 0) is 36.4 Å². The summed E-state index contributed by atoms with van der Waals surface area (Å²) in [6.07, 6.45) is 1.49. The number of benzene rings is 2. The molecule has 2 aromatic carbocycles. The third kappa shape index (κ3) is 4.42. The van der Waals surface area contributed by atoms with Gasteiger partial charge in [0.2, 0.25) is 5.91 Å². The molecule has 0 aliphatic rings. The van der Waals surface area contributed by atoms with E-state index in [0.717, 1.165) is 28.5 Å². The molecule has 0 fully saturated rings. The van der Waals surface area contributed by atoms with Crippen molar-refractivity contribution in [1.82, 2.24) is 14.5 Å². The Morgan fingerprint density at radius 3 is 2.71 bits per heavy atom. The zero-order valence-corrected chi connectivity index (χ0v) is 17.3. The van der Waals surface area contributed by atoms with Crippen molar-refractivity contribution in [1.29, 1.82) is 0 Å². The lowest BCUT2D eigenvalue weighted by Crippen LogP contribution is -2.23.